The lowest BCUT2D eigenvalue weighted by atomic mass is 9.69. The molecule has 1 unspecified atom stereocenters. The zero-order valence-corrected chi connectivity index (χ0v) is 17.2. The Hall–Kier alpha value is -3.63. The van der Waals surface area contributed by atoms with Crippen molar-refractivity contribution in [2.45, 2.75) is 26.7 Å². The molecule has 30 heavy (non-hydrogen) atoms. The molecule has 150 valence electrons. The van der Waals surface area contributed by atoms with Crippen molar-refractivity contribution in [2.24, 2.45) is 17.3 Å². The Morgan fingerprint density at radius 1 is 1.07 bits per heavy atom. The van der Waals surface area contributed by atoms with E-state index < -0.39 is 5.92 Å². The van der Waals surface area contributed by atoms with E-state index in [1.807, 2.05) is 30.4 Å². The molecule has 4 nitrogen and oxygen atoms in total. The van der Waals surface area contributed by atoms with E-state index in [-0.39, 0.29) is 17.3 Å². The van der Waals surface area contributed by atoms with Gasteiger partial charge in [0.15, 0.2) is 0 Å². The Bertz CT molecular complexity index is 1020. The van der Waals surface area contributed by atoms with E-state index in [1.165, 1.54) is 0 Å². The number of ether oxygens (including phenoxy) is 1. The van der Waals surface area contributed by atoms with Crippen LogP contribution in [0.5, 0.6) is 5.75 Å². The number of hydrogen-bond donors (Lipinski definition) is 0. The van der Waals surface area contributed by atoms with E-state index >= 15 is 0 Å². The first-order chi connectivity index (χ1) is 14.4. The highest BCUT2D eigenvalue weighted by atomic mass is 16.5. The highest BCUT2D eigenvalue weighted by Gasteiger charge is 2.32. The minimum atomic E-state index is -0.619. The van der Waals surface area contributed by atoms with Crippen molar-refractivity contribution in [1.82, 2.24) is 0 Å². The third-order valence-corrected chi connectivity index (χ3v) is 5.20. The molecule has 1 aliphatic rings. The number of allylic oxidation sites excluding steroid dienone is 3. The fourth-order valence-electron chi connectivity index (χ4n) is 3.79. The lowest BCUT2D eigenvalue weighted by Gasteiger charge is -2.34. The summed E-state index contributed by atoms with van der Waals surface area (Å²) < 4.78 is 5.41. The number of carbonyl (C=O) groups is 1. The lowest BCUT2D eigenvalue weighted by molar-refractivity contribution is 0.0734. The second kappa shape index (κ2) is 9.25. The van der Waals surface area contributed by atoms with Gasteiger partial charge >= 0.3 is 5.97 Å². The summed E-state index contributed by atoms with van der Waals surface area (Å²) in [6.45, 7) is 4.34. The first-order valence-corrected chi connectivity index (χ1v) is 9.95. The molecule has 2 aromatic rings. The number of rotatable bonds is 5. The van der Waals surface area contributed by atoms with Crippen LogP contribution in [0, 0.1) is 39.9 Å². The number of hydrogen-bond acceptors (Lipinski definition) is 4. The van der Waals surface area contributed by atoms with Crippen LogP contribution in [0.25, 0.3) is 6.08 Å². The Labute approximate surface area is 177 Å². The van der Waals surface area contributed by atoms with Crippen molar-refractivity contribution >= 4 is 12.0 Å². The second-order valence-corrected chi connectivity index (χ2v) is 8.34. The van der Waals surface area contributed by atoms with Gasteiger partial charge in [-0.1, -0.05) is 68.0 Å². The maximum Gasteiger partial charge on any atom is 0.343 e. The van der Waals surface area contributed by atoms with Gasteiger partial charge in [0.1, 0.15) is 11.7 Å². The summed E-state index contributed by atoms with van der Waals surface area (Å²) in [5.74, 6) is -0.566. The third kappa shape index (κ3) is 5.46. The second-order valence-electron chi connectivity index (χ2n) is 8.34. The summed E-state index contributed by atoms with van der Waals surface area (Å²) in [7, 11) is 0. The summed E-state index contributed by atoms with van der Waals surface area (Å²) in [5, 5.41) is 18.5. The van der Waals surface area contributed by atoms with Crippen LogP contribution in [0.2, 0.25) is 0 Å². The molecule has 0 heterocycles. The maximum atomic E-state index is 12.1. The molecule has 0 fully saturated rings. The van der Waals surface area contributed by atoms with Crippen LogP contribution in [0.1, 0.15) is 42.6 Å². The molecule has 0 aromatic heterocycles. The maximum absolute atomic E-state index is 12.1. The summed E-state index contributed by atoms with van der Waals surface area (Å²) in [6, 6.07) is 20.4. The van der Waals surface area contributed by atoms with Crippen molar-refractivity contribution in [3.8, 4) is 17.9 Å². The summed E-state index contributed by atoms with van der Waals surface area (Å²) in [5.41, 5.74) is 2.66. The molecule has 0 aliphatic heterocycles. The summed E-state index contributed by atoms with van der Waals surface area (Å²) >= 11 is 0. The van der Waals surface area contributed by atoms with Gasteiger partial charge in [-0.3, -0.25) is 0 Å². The molecule has 2 aromatic carbocycles. The van der Waals surface area contributed by atoms with E-state index in [2.05, 4.69) is 32.1 Å². The van der Waals surface area contributed by atoms with E-state index in [4.69, 9.17) is 4.74 Å². The number of nitrogens with zero attached hydrogens (tertiary/aromatic N) is 2. The molecule has 1 aliphatic carbocycles. The Morgan fingerprint density at radius 3 is 2.37 bits per heavy atom. The average molecular weight is 396 g/mol. The standard InChI is InChI=1S/C26H24N2O2/c1-26(2)15-20(14-22(16-26)23(17-27)18-28)9-8-19-10-12-24(13-11-19)30-25(29)21-6-4-3-5-7-21/h3-14,22-23H,15-16H2,1-2H3. The van der Waals surface area contributed by atoms with Crippen molar-refractivity contribution in [3.63, 3.8) is 0 Å². The van der Waals surface area contributed by atoms with Gasteiger partial charge in [-0.15, -0.1) is 0 Å². The molecule has 0 saturated carbocycles. The molecule has 3 rings (SSSR count). The first-order valence-electron chi connectivity index (χ1n) is 9.95. The molecular formula is C26H24N2O2. The highest BCUT2D eigenvalue weighted by Crippen LogP contribution is 2.41. The summed E-state index contributed by atoms with van der Waals surface area (Å²) in [4.78, 5) is 12.1. The van der Waals surface area contributed by atoms with Gasteiger partial charge in [0.25, 0.3) is 0 Å². The Kier molecular flexibility index (Phi) is 6.50. The molecule has 1 atom stereocenters. The SMILES string of the molecule is CC1(C)CC(C=Cc2ccc(OC(=O)c3ccccc3)cc2)=CC(C(C#N)C#N)C1. The van der Waals surface area contributed by atoms with Crippen molar-refractivity contribution in [1.29, 1.82) is 10.5 Å². The normalized spacial score (nSPS) is 17.8. The number of nitriles is 2. The van der Waals surface area contributed by atoms with Gasteiger partial charge in [-0.25, -0.2) is 4.79 Å². The van der Waals surface area contributed by atoms with Crippen LogP contribution < -0.4 is 4.74 Å². The average Bonchev–Trinajstić information content (AvgIpc) is 2.74. The van der Waals surface area contributed by atoms with Gasteiger partial charge < -0.3 is 4.74 Å². The van der Waals surface area contributed by atoms with Crippen LogP contribution >= 0.6 is 0 Å². The lowest BCUT2D eigenvalue weighted by Crippen LogP contribution is -2.25. The zero-order chi connectivity index (χ0) is 21.6. The smallest absolute Gasteiger partial charge is 0.343 e. The molecule has 0 amide bonds. The predicted molar refractivity (Wildman–Crippen MR) is 116 cm³/mol. The molecular weight excluding hydrogens is 372 g/mol. The fraction of sp³-hybridized carbons (Fsp3) is 0.269. The van der Waals surface area contributed by atoms with Gasteiger partial charge in [-0.2, -0.15) is 10.5 Å². The zero-order valence-electron chi connectivity index (χ0n) is 17.2. The molecule has 0 bridgehead atoms. The minimum absolute atomic E-state index is 0.0422. The van der Waals surface area contributed by atoms with Crippen LogP contribution in [-0.4, -0.2) is 5.97 Å². The van der Waals surface area contributed by atoms with Gasteiger partial charge in [0, 0.05) is 5.92 Å². The van der Waals surface area contributed by atoms with Crippen LogP contribution in [0.15, 0.2) is 72.3 Å². The van der Waals surface area contributed by atoms with Crippen molar-refractivity contribution in [3.05, 3.63) is 83.4 Å². The van der Waals surface area contributed by atoms with Crippen molar-refractivity contribution < 1.29 is 9.53 Å². The van der Waals surface area contributed by atoms with Gasteiger partial charge in [0.2, 0.25) is 0 Å². The van der Waals surface area contributed by atoms with Crippen LogP contribution in [0.3, 0.4) is 0 Å². The number of carbonyl (C=O) groups excluding carboxylic acids is 1. The minimum Gasteiger partial charge on any atom is -0.423 e. The number of benzene rings is 2. The molecule has 4 heteroatoms. The largest absolute Gasteiger partial charge is 0.423 e. The van der Waals surface area contributed by atoms with Crippen LogP contribution in [-0.2, 0) is 0 Å². The predicted octanol–water partition coefficient (Wildman–Crippen LogP) is 5.94. The van der Waals surface area contributed by atoms with E-state index in [1.54, 1.807) is 36.4 Å². The van der Waals surface area contributed by atoms with E-state index in [0.717, 1.165) is 24.0 Å². The van der Waals surface area contributed by atoms with Crippen LogP contribution in [0.4, 0.5) is 0 Å². The van der Waals surface area contributed by atoms with Gasteiger partial charge in [0.05, 0.1) is 17.7 Å². The molecule has 0 radical (unpaired) electrons. The Morgan fingerprint density at radius 2 is 1.73 bits per heavy atom. The highest BCUT2D eigenvalue weighted by molar-refractivity contribution is 5.90. The number of esters is 1. The van der Waals surface area contributed by atoms with Gasteiger partial charge in [-0.05, 0) is 48.1 Å². The molecule has 0 spiro atoms. The topological polar surface area (TPSA) is 73.9 Å². The Balaban J connectivity index is 1.69. The third-order valence-electron chi connectivity index (χ3n) is 5.20. The van der Waals surface area contributed by atoms with Crippen molar-refractivity contribution in [2.75, 3.05) is 0 Å². The quantitative estimate of drug-likeness (QED) is 0.463. The molecule has 0 saturated heterocycles. The van der Waals surface area contributed by atoms with E-state index in [9.17, 15) is 15.3 Å². The monoisotopic (exact) mass is 396 g/mol. The first kappa shape index (κ1) is 21.1. The fourth-order valence-corrected chi connectivity index (χ4v) is 3.79. The molecule has 0 N–H and O–H groups in total. The summed E-state index contributed by atoms with van der Waals surface area (Å²) in [6.07, 6.45) is 7.84. The van der Waals surface area contributed by atoms with E-state index in [0.29, 0.717) is 11.3 Å².